The normalized spacial score (nSPS) is 19.9. The van der Waals surface area contributed by atoms with E-state index in [0.29, 0.717) is 17.1 Å². The molecule has 2 aliphatic carbocycles. The van der Waals surface area contributed by atoms with Gasteiger partial charge in [0.2, 0.25) is 15.9 Å². The molecule has 0 aliphatic heterocycles. The Morgan fingerprint density at radius 3 is 2.59 bits per heavy atom. The Bertz CT molecular complexity index is 1690. The van der Waals surface area contributed by atoms with Crippen LogP contribution in [0.25, 0.3) is 0 Å². The van der Waals surface area contributed by atoms with Crippen molar-refractivity contribution in [3.8, 4) is 0 Å². The van der Waals surface area contributed by atoms with Crippen molar-refractivity contribution in [1.82, 2.24) is 14.3 Å². The first-order chi connectivity index (χ1) is 19.7. The van der Waals surface area contributed by atoms with Crippen LogP contribution in [0.2, 0.25) is 5.02 Å². The number of imidazole rings is 1. The number of aryl methyl sites for hydroxylation is 2. The van der Waals surface area contributed by atoms with Crippen molar-refractivity contribution in [2.45, 2.75) is 49.1 Å². The Balaban J connectivity index is 1.31. The molecule has 1 N–H and O–H groups in total. The predicted octanol–water partition coefficient (Wildman–Crippen LogP) is 5.91. The van der Waals surface area contributed by atoms with Crippen LogP contribution >= 0.6 is 11.6 Å². The monoisotopic (exact) mass is 592 g/mol. The van der Waals surface area contributed by atoms with Gasteiger partial charge in [-0.05, 0) is 96.8 Å². The molecule has 3 aromatic carbocycles. The number of fused-ring (bicyclic) bond motifs is 1. The van der Waals surface area contributed by atoms with Crippen molar-refractivity contribution in [2.75, 3.05) is 4.90 Å². The van der Waals surface area contributed by atoms with Gasteiger partial charge in [-0.15, -0.1) is 0 Å². The summed E-state index contributed by atoms with van der Waals surface area (Å²) in [7, 11) is -1.99. The summed E-state index contributed by atoms with van der Waals surface area (Å²) in [5.41, 5.74) is 3.68. The molecule has 212 valence electrons. The van der Waals surface area contributed by atoms with Crippen LogP contribution in [-0.4, -0.2) is 23.9 Å². The van der Waals surface area contributed by atoms with Crippen molar-refractivity contribution in [1.29, 1.82) is 0 Å². The number of sulfonamides is 1. The van der Waals surface area contributed by atoms with Crippen LogP contribution in [0.4, 0.5) is 10.1 Å². The molecule has 4 aromatic rings. The average Bonchev–Trinajstić information content (AvgIpc) is 3.66. The lowest BCUT2D eigenvalue weighted by atomic mass is 9.87. The number of anilines is 1. The van der Waals surface area contributed by atoms with Crippen LogP contribution in [0.15, 0.2) is 84.0 Å². The van der Waals surface area contributed by atoms with Gasteiger partial charge in [0, 0.05) is 42.1 Å². The van der Waals surface area contributed by atoms with Crippen LogP contribution in [0, 0.1) is 11.7 Å². The summed E-state index contributed by atoms with van der Waals surface area (Å²) in [6.07, 6.45) is 6.56. The molecule has 0 bridgehead atoms. The molecule has 1 aromatic heterocycles. The Kier molecular flexibility index (Phi) is 7.44. The number of hydrogen-bond donors (Lipinski definition) is 1. The fraction of sp³-hybridized carbons (Fsp3) is 0.290. The lowest BCUT2D eigenvalue weighted by Gasteiger charge is -2.29. The molecule has 0 spiro atoms. The highest BCUT2D eigenvalue weighted by molar-refractivity contribution is 7.89. The number of hydrogen-bond acceptors (Lipinski definition) is 4. The van der Waals surface area contributed by atoms with Crippen LogP contribution in [0.5, 0.6) is 0 Å². The number of nitrogens with one attached hydrogen (secondary N) is 1. The average molecular weight is 593 g/mol. The van der Waals surface area contributed by atoms with Gasteiger partial charge in [-0.3, -0.25) is 4.79 Å². The van der Waals surface area contributed by atoms with Crippen LogP contribution in [0.1, 0.15) is 53.7 Å². The Hall–Kier alpha value is -3.53. The van der Waals surface area contributed by atoms with Crippen LogP contribution in [0.3, 0.4) is 0 Å². The molecule has 10 heteroatoms. The van der Waals surface area contributed by atoms with E-state index in [-0.39, 0.29) is 29.2 Å². The Labute approximate surface area is 244 Å². The van der Waals surface area contributed by atoms with E-state index >= 15 is 0 Å². The molecule has 1 heterocycles. The number of benzene rings is 3. The molecule has 0 unspecified atom stereocenters. The first-order valence-electron chi connectivity index (χ1n) is 13.6. The fourth-order valence-corrected chi connectivity index (χ4v) is 7.05. The lowest BCUT2D eigenvalue weighted by Crippen LogP contribution is -2.34. The smallest absolute Gasteiger partial charge is 0.241 e. The summed E-state index contributed by atoms with van der Waals surface area (Å²) in [5, 5.41) is 0.660. The molecule has 41 heavy (non-hydrogen) atoms. The number of nitrogens with zero attached hydrogens (tertiary/aromatic N) is 3. The van der Waals surface area contributed by atoms with Gasteiger partial charge in [0.25, 0.3) is 0 Å². The van der Waals surface area contributed by atoms with E-state index in [1.54, 1.807) is 11.1 Å². The zero-order valence-electron chi connectivity index (χ0n) is 22.5. The highest BCUT2D eigenvalue weighted by atomic mass is 35.5. The van der Waals surface area contributed by atoms with E-state index < -0.39 is 21.9 Å². The maximum atomic E-state index is 14.0. The third-order valence-corrected chi connectivity index (χ3v) is 9.81. The minimum atomic E-state index is -3.88. The third kappa shape index (κ3) is 5.80. The summed E-state index contributed by atoms with van der Waals surface area (Å²) in [4.78, 5) is 20.2. The van der Waals surface area contributed by atoms with E-state index in [1.807, 2.05) is 60.3 Å². The molecule has 1 fully saturated rings. The van der Waals surface area contributed by atoms with Crippen molar-refractivity contribution in [3.63, 3.8) is 0 Å². The molecule has 0 radical (unpaired) electrons. The minimum Gasteiger partial charge on any atom is -0.337 e. The summed E-state index contributed by atoms with van der Waals surface area (Å²) in [6, 6.07) is 17.8. The predicted molar refractivity (Wildman–Crippen MR) is 156 cm³/mol. The summed E-state index contributed by atoms with van der Waals surface area (Å²) >= 11 is 6.07. The SMILES string of the molecule is Cn1ccnc1CN(C(=O)[C@H]1C[C@H]1c1ccc(Cl)cc1)c1ccc2c(c1)[C@@H](NS(=O)(=O)c1ccc(F)cc1)CCC2. The van der Waals surface area contributed by atoms with Crippen LogP contribution < -0.4 is 9.62 Å². The molecular formula is C31H30ClFN4O3S. The number of carbonyl (C=O) groups excluding carboxylic acids is 1. The standard InChI is InChI=1S/C31H30ClFN4O3S/c1-36-16-15-34-30(36)19-37(31(38)28-18-26(28)21-5-8-22(32)9-6-21)24-12-7-20-3-2-4-29(27(20)17-24)35-41(39,40)25-13-10-23(33)11-14-25/h5-17,26,28-29,35H,2-4,18-19H2,1H3/t26-,28-,29-/m0/s1. The van der Waals surface area contributed by atoms with Gasteiger partial charge in [0.15, 0.2) is 0 Å². The Morgan fingerprint density at radius 1 is 1.12 bits per heavy atom. The zero-order valence-corrected chi connectivity index (χ0v) is 24.1. The molecule has 6 rings (SSSR count). The van der Waals surface area contributed by atoms with Gasteiger partial charge in [-0.1, -0.05) is 29.8 Å². The highest BCUT2D eigenvalue weighted by Crippen LogP contribution is 2.49. The first kappa shape index (κ1) is 27.6. The molecule has 2 aliphatic rings. The summed E-state index contributed by atoms with van der Waals surface area (Å²) < 4.78 is 44.5. The maximum Gasteiger partial charge on any atom is 0.241 e. The summed E-state index contributed by atoms with van der Waals surface area (Å²) in [6.45, 7) is 0.289. The van der Waals surface area contributed by atoms with Crippen molar-refractivity contribution < 1.29 is 17.6 Å². The minimum absolute atomic E-state index is 0.00662. The second-order valence-corrected chi connectivity index (χ2v) is 12.9. The van der Waals surface area contributed by atoms with Gasteiger partial charge in [-0.2, -0.15) is 0 Å². The first-order valence-corrected chi connectivity index (χ1v) is 15.5. The molecule has 1 amide bonds. The largest absolute Gasteiger partial charge is 0.337 e. The molecule has 7 nitrogen and oxygen atoms in total. The number of rotatable bonds is 8. The van der Waals surface area contributed by atoms with E-state index in [9.17, 15) is 17.6 Å². The topological polar surface area (TPSA) is 84.3 Å². The van der Waals surface area contributed by atoms with E-state index in [1.165, 1.54) is 12.1 Å². The lowest BCUT2D eigenvalue weighted by molar-refractivity contribution is -0.120. The van der Waals surface area contributed by atoms with E-state index in [2.05, 4.69) is 9.71 Å². The number of carbonyl (C=O) groups is 1. The molecule has 3 atom stereocenters. The van der Waals surface area contributed by atoms with Gasteiger partial charge in [0.1, 0.15) is 11.6 Å². The third-order valence-electron chi connectivity index (χ3n) is 8.07. The van der Waals surface area contributed by atoms with E-state index in [4.69, 9.17) is 11.6 Å². The molecule has 0 saturated heterocycles. The zero-order chi connectivity index (χ0) is 28.7. The quantitative estimate of drug-likeness (QED) is 0.276. The number of amides is 1. The van der Waals surface area contributed by atoms with Gasteiger partial charge >= 0.3 is 0 Å². The van der Waals surface area contributed by atoms with Crippen molar-refractivity contribution in [2.24, 2.45) is 13.0 Å². The fourth-order valence-electron chi connectivity index (χ4n) is 5.68. The van der Waals surface area contributed by atoms with Crippen molar-refractivity contribution in [3.05, 3.63) is 112 Å². The number of aromatic nitrogens is 2. The second kappa shape index (κ2) is 11.0. The van der Waals surface area contributed by atoms with Crippen LogP contribution in [-0.2, 0) is 34.8 Å². The number of halogens is 2. The van der Waals surface area contributed by atoms with Crippen molar-refractivity contribution >= 4 is 33.2 Å². The molecular weight excluding hydrogens is 563 g/mol. The molecule has 1 saturated carbocycles. The van der Waals surface area contributed by atoms with Gasteiger partial charge in [0.05, 0.1) is 11.4 Å². The van der Waals surface area contributed by atoms with E-state index in [0.717, 1.165) is 53.9 Å². The highest BCUT2D eigenvalue weighted by Gasteiger charge is 2.46. The maximum absolute atomic E-state index is 14.0. The summed E-state index contributed by atoms with van der Waals surface area (Å²) in [5.74, 6) is 0.209. The van der Waals surface area contributed by atoms with Gasteiger partial charge < -0.3 is 9.47 Å². The van der Waals surface area contributed by atoms with Gasteiger partial charge in [-0.25, -0.2) is 22.5 Å². The second-order valence-electron chi connectivity index (χ2n) is 10.8. The Morgan fingerprint density at radius 2 is 1.88 bits per heavy atom.